The Kier molecular flexibility index (Phi) is 6.83. The molecule has 0 radical (unpaired) electrons. The third-order valence-corrected chi connectivity index (χ3v) is 4.53. The van der Waals surface area contributed by atoms with E-state index in [2.05, 4.69) is 9.47 Å². The SMILES string of the molecule is Nc1cc(Oc2ccc(C(F)(F)F)c(Oc3cc(N)cc(C(F)(F)F)c3F)c2F)c(F)c(C(F)(F)F)c1. The summed E-state index contributed by atoms with van der Waals surface area (Å²) in [6.07, 6.45) is -16.1. The minimum absolute atomic E-state index is 0.0531. The molecule has 3 rings (SSSR count). The van der Waals surface area contributed by atoms with E-state index in [0.717, 1.165) is 0 Å². The molecule has 0 heterocycles. The summed E-state index contributed by atoms with van der Waals surface area (Å²) in [5.41, 5.74) is 2.92. The van der Waals surface area contributed by atoms with Crippen LogP contribution >= 0.6 is 0 Å². The van der Waals surface area contributed by atoms with Gasteiger partial charge in [0.2, 0.25) is 5.82 Å². The summed E-state index contributed by atoms with van der Waals surface area (Å²) < 4.78 is 171. The van der Waals surface area contributed by atoms with Crippen molar-refractivity contribution < 1.29 is 62.2 Å². The largest absolute Gasteiger partial charge is 0.451 e. The van der Waals surface area contributed by atoms with Crippen molar-refractivity contribution in [2.75, 3.05) is 11.5 Å². The lowest BCUT2D eigenvalue weighted by Crippen LogP contribution is -2.12. The van der Waals surface area contributed by atoms with Gasteiger partial charge < -0.3 is 20.9 Å². The van der Waals surface area contributed by atoms with Crippen LogP contribution in [0.4, 0.5) is 64.1 Å². The minimum atomic E-state index is -5.44. The topological polar surface area (TPSA) is 70.5 Å². The van der Waals surface area contributed by atoms with Crippen molar-refractivity contribution in [2.45, 2.75) is 18.5 Å². The number of alkyl halides is 9. The van der Waals surface area contributed by atoms with E-state index in [1.54, 1.807) is 0 Å². The van der Waals surface area contributed by atoms with Gasteiger partial charge in [0.25, 0.3) is 0 Å². The summed E-state index contributed by atoms with van der Waals surface area (Å²) in [5.74, 6) is -12.8. The van der Waals surface area contributed by atoms with Crippen molar-refractivity contribution in [2.24, 2.45) is 0 Å². The summed E-state index contributed by atoms with van der Waals surface area (Å²) in [5, 5.41) is 0. The standard InChI is InChI=1S/C21H10F12N2O2/c22-15-10(20(28,29)30)3-7(34)5-13(15)36-12-2-1-9(19(25,26)27)18(17(12)24)37-14-6-8(35)4-11(16(14)23)21(31,32)33/h1-6H,34-35H2. The molecule has 0 amide bonds. The Hall–Kier alpha value is -3.98. The summed E-state index contributed by atoms with van der Waals surface area (Å²) in [6.45, 7) is 0. The molecule has 0 atom stereocenters. The fraction of sp³-hybridized carbons (Fsp3) is 0.143. The molecule has 3 aromatic rings. The van der Waals surface area contributed by atoms with Crippen LogP contribution in [0.5, 0.6) is 23.0 Å². The smallest absolute Gasteiger partial charge is 0.420 e. The quantitative estimate of drug-likeness (QED) is 0.256. The van der Waals surface area contributed by atoms with Crippen LogP contribution in [0.15, 0.2) is 36.4 Å². The van der Waals surface area contributed by atoms with E-state index in [-0.39, 0.29) is 24.3 Å². The highest BCUT2D eigenvalue weighted by Crippen LogP contribution is 2.46. The predicted molar refractivity (Wildman–Crippen MR) is 103 cm³/mol. The Morgan fingerprint density at radius 1 is 0.486 bits per heavy atom. The Morgan fingerprint density at radius 2 is 0.892 bits per heavy atom. The molecule has 4 N–H and O–H groups in total. The van der Waals surface area contributed by atoms with Crippen LogP contribution in [-0.2, 0) is 18.5 Å². The van der Waals surface area contributed by atoms with Crippen LogP contribution in [0.2, 0.25) is 0 Å². The monoisotopic (exact) mass is 550 g/mol. The molecule has 0 unspecified atom stereocenters. The number of ether oxygens (including phenoxy) is 2. The van der Waals surface area contributed by atoms with Gasteiger partial charge in [-0.05, 0) is 24.3 Å². The lowest BCUT2D eigenvalue weighted by atomic mass is 10.1. The van der Waals surface area contributed by atoms with E-state index in [1.807, 2.05) is 0 Å². The maximum Gasteiger partial charge on any atom is 0.420 e. The van der Waals surface area contributed by atoms with E-state index in [0.29, 0.717) is 12.1 Å². The number of halogens is 12. The first-order valence-electron chi connectivity index (χ1n) is 9.38. The summed E-state index contributed by atoms with van der Waals surface area (Å²) in [4.78, 5) is 0. The Morgan fingerprint density at radius 3 is 1.30 bits per heavy atom. The van der Waals surface area contributed by atoms with Crippen molar-refractivity contribution in [1.82, 2.24) is 0 Å². The molecule has 0 saturated carbocycles. The molecule has 0 aromatic heterocycles. The van der Waals surface area contributed by atoms with E-state index < -0.39 is 87.0 Å². The molecule has 37 heavy (non-hydrogen) atoms. The summed E-state index contributed by atoms with van der Waals surface area (Å²) in [6, 6.07) is 1.32. The van der Waals surface area contributed by atoms with Crippen molar-refractivity contribution in [3.8, 4) is 23.0 Å². The van der Waals surface area contributed by atoms with Gasteiger partial charge in [-0.25, -0.2) is 8.78 Å². The highest BCUT2D eigenvalue weighted by molar-refractivity contribution is 5.55. The van der Waals surface area contributed by atoms with Gasteiger partial charge >= 0.3 is 18.5 Å². The van der Waals surface area contributed by atoms with Crippen molar-refractivity contribution >= 4 is 11.4 Å². The second kappa shape index (κ2) is 9.15. The van der Waals surface area contributed by atoms with E-state index >= 15 is 4.39 Å². The molecule has 200 valence electrons. The van der Waals surface area contributed by atoms with Gasteiger partial charge in [-0.3, -0.25) is 0 Å². The molecular weight excluding hydrogens is 540 g/mol. The van der Waals surface area contributed by atoms with E-state index in [9.17, 15) is 48.3 Å². The fourth-order valence-corrected chi connectivity index (χ4v) is 2.97. The molecule has 4 nitrogen and oxygen atoms in total. The average molecular weight is 550 g/mol. The highest BCUT2D eigenvalue weighted by atomic mass is 19.4. The molecule has 0 fully saturated rings. The zero-order valence-corrected chi connectivity index (χ0v) is 17.5. The predicted octanol–water partition coefficient (Wildman–Crippen LogP) is 7.91. The number of anilines is 2. The summed E-state index contributed by atoms with van der Waals surface area (Å²) in [7, 11) is 0. The lowest BCUT2D eigenvalue weighted by molar-refractivity contribution is -0.141. The molecule has 0 aliphatic heterocycles. The Labute approximate surface area is 198 Å². The number of rotatable bonds is 4. The molecule has 0 aliphatic rings. The first-order valence-corrected chi connectivity index (χ1v) is 9.38. The number of hydrogen-bond donors (Lipinski definition) is 2. The molecule has 16 heteroatoms. The van der Waals surface area contributed by atoms with Crippen molar-refractivity contribution in [3.05, 3.63) is 70.5 Å². The van der Waals surface area contributed by atoms with Crippen LogP contribution in [0.1, 0.15) is 16.7 Å². The van der Waals surface area contributed by atoms with Crippen LogP contribution in [0.3, 0.4) is 0 Å². The molecular formula is C21H10F12N2O2. The van der Waals surface area contributed by atoms with Gasteiger partial charge in [-0.1, -0.05) is 0 Å². The molecule has 0 aliphatic carbocycles. The second-order valence-corrected chi connectivity index (χ2v) is 7.21. The fourth-order valence-electron chi connectivity index (χ4n) is 2.97. The van der Waals surface area contributed by atoms with Gasteiger partial charge in [0.15, 0.2) is 34.6 Å². The molecule has 0 spiro atoms. The summed E-state index contributed by atoms with van der Waals surface area (Å²) >= 11 is 0. The third kappa shape index (κ3) is 5.72. The van der Waals surface area contributed by atoms with Crippen LogP contribution in [0, 0.1) is 17.5 Å². The zero-order valence-electron chi connectivity index (χ0n) is 17.5. The van der Waals surface area contributed by atoms with Gasteiger partial charge in [-0.15, -0.1) is 0 Å². The maximum absolute atomic E-state index is 15.1. The van der Waals surface area contributed by atoms with Gasteiger partial charge in [0.1, 0.15) is 5.56 Å². The van der Waals surface area contributed by atoms with Gasteiger partial charge in [-0.2, -0.15) is 43.9 Å². The number of benzene rings is 3. The molecule has 0 saturated heterocycles. The third-order valence-electron chi connectivity index (χ3n) is 4.53. The number of hydrogen-bond acceptors (Lipinski definition) is 4. The van der Waals surface area contributed by atoms with Crippen LogP contribution in [-0.4, -0.2) is 0 Å². The first-order chi connectivity index (χ1) is 16.8. The van der Waals surface area contributed by atoms with Crippen LogP contribution in [0.25, 0.3) is 0 Å². The maximum atomic E-state index is 15.1. The van der Waals surface area contributed by atoms with Gasteiger partial charge in [0.05, 0.1) is 11.1 Å². The molecule has 3 aromatic carbocycles. The van der Waals surface area contributed by atoms with E-state index in [1.165, 1.54) is 0 Å². The lowest BCUT2D eigenvalue weighted by Gasteiger charge is -2.19. The normalized spacial score (nSPS) is 12.5. The second-order valence-electron chi connectivity index (χ2n) is 7.21. The number of nitrogens with two attached hydrogens (primary N) is 2. The first kappa shape index (κ1) is 27.6. The highest BCUT2D eigenvalue weighted by Gasteiger charge is 2.40. The minimum Gasteiger partial charge on any atom is -0.451 e. The van der Waals surface area contributed by atoms with Crippen molar-refractivity contribution in [3.63, 3.8) is 0 Å². The van der Waals surface area contributed by atoms with Gasteiger partial charge in [0, 0.05) is 23.5 Å². The van der Waals surface area contributed by atoms with Crippen molar-refractivity contribution in [1.29, 1.82) is 0 Å². The Balaban J connectivity index is 2.18. The number of nitrogen functional groups attached to an aromatic ring is 2. The average Bonchev–Trinajstić information content (AvgIpc) is 2.73. The Bertz CT molecular complexity index is 1350. The molecule has 0 bridgehead atoms. The van der Waals surface area contributed by atoms with Crippen LogP contribution < -0.4 is 20.9 Å². The zero-order chi connectivity index (χ0) is 28.1. The van der Waals surface area contributed by atoms with E-state index in [4.69, 9.17) is 11.5 Å².